The van der Waals surface area contributed by atoms with Crippen LogP contribution in [-0.4, -0.2) is 22.5 Å². The molecule has 2 aromatic rings. The molecule has 0 fully saturated rings. The summed E-state index contributed by atoms with van der Waals surface area (Å²) in [5, 5.41) is 10.6. The van der Waals surface area contributed by atoms with Gasteiger partial charge in [-0.05, 0) is 36.0 Å². The summed E-state index contributed by atoms with van der Waals surface area (Å²) in [6, 6.07) is 6.39. The third kappa shape index (κ3) is 2.70. The van der Waals surface area contributed by atoms with Crippen molar-refractivity contribution in [3.8, 4) is 5.75 Å². The lowest BCUT2D eigenvalue weighted by atomic mass is 9.93. The van der Waals surface area contributed by atoms with E-state index < -0.39 is 0 Å². The number of H-pyrrole nitrogens is 1. The van der Waals surface area contributed by atoms with Crippen LogP contribution in [0.3, 0.4) is 0 Å². The Labute approximate surface area is 107 Å². The van der Waals surface area contributed by atoms with Gasteiger partial charge in [-0.25, -0.2) is 0 Å². The van der Waals surface area contributed by atoms with Crippen molar-refractivity contribution in [2.75, 3.05) is 7.11 Å². The first-order valence-electron chi connectivity index (χ1n) is 6.26. The van der Waals surface area contributed by atoms with Gasteiger partial charge in [0.2, 0.25) is 0 Å². The molecule has 18 heavy (non-hydrogen) atoms. The van der Waals surface area contributed by atoms with Crippen LogP contribution in [0, 0.1) is 0 Å². The molecule has 0 saturated heterocycles. The Kier molecular flexibility index (Phi) is 3.97. The molecule has 1 unspecified atom stereocenters. The number of benzene rings is 1. The van der Waals surface area contributed by atoms with Crippen molar-refractivity contribution < 1.29 is 4.74 Å². The highest BCUT2D eigenvalue weighted by Crippen LogP contribution is 2.29. The molecule has 96 valence electrons. The first kappa shape index (κ1) is 12.6. The summed E-state index contributed by atoms with van der Waals surface area (Å²) in [5.74, 6) is 1.31. The minimum atomic E-state index is 0.358. The van der Waals surface area contributed by atoms with Gasteiger partial charge in [0, 0.05) is 0 Å². The largest absolute Gasteiger partial charge is 0.496 e. The summed E-state index contributed by atoms with van der Waals surface area (Å²) >= 11 is 0. The fourth-order valence-corrected chi connectivity index (χ4v) is 2.14. The maximum absolute atomic E-state index is 5.44. The van der Waals surface area contributed by atoms with Gasteiger partial charge < -0.3 is 4.74 Å². The van der Waals surface area contributed by atoms with Crippen LogP contribution in [0.4, 0.5) is 0 Å². The first-order valence-corrected chi connectivity index (χ1v) is 6.26. The summed E-state index contributed by atoms with van der Waals surface area (Å²) in [4.78, 5) is 0. The van der Waals surface area contributed by atoms with Crippen molar-refractivity contribution >= 4 is 0 Å². The summed E-state index contributed by atoms with van der Waals surface area (Å²) in [6.45, 7) is 4.35. The van der Waals surface area contributed by atoms with Gasteiger partial charge in [0.15, 0.2) is 0 Å². The van der Waals surface area contributed by atoms with Gasteiger partial charge in [-0.1, -0.05) is 26.0 Å². The van der Waals surface area contributed by atoms with Crippen LogP contribution < -0.4 is 4.74 Å². The predicted molar refractivity (Wildman–Crippen MR) is 70.9 cm³/mol. The number of nitrogens with one attached hydrogen (secondary N) is 1. The summed E-state index contributed by atoms with van der Waals surface area (Å²) in [5.41, 5.74) is 3.55. The fourth-order valence-electron chi connectivity index (χ4n) is 2.14. The molecular formula is C14H19N3O. The highest BCUT2D eigenvalue weighted by atomic mass is 16.5. The lowest BCUT2D eigenvalue weighted by Gasteiger charge is -2.15. The zero-order valence-electron chi connectivity index (χ0n) is 11.1. The normalized spacial score (nSPS) is 12.4. The average molecular weight is 245 g/mol. The zero-order valence-corrected chi connectivity index (χ0v) is 11.1. The molecule has 1 N–H and O–H groups in total. The minimum Gasteiger partial charge on any atom is -0.496 e. The zero-order chi connectivity index (χ0) is 13.0. The number of hydrogen-bond donors (Lipinski definition) is 1. The topological polar surface area (TPSA) is 50.8 Å². The van der Waals surface area contributed by atoms with Gasteiger partial charge in [-0.3, -0.25) is 0 Å². The van der Waals surface area contributed by atoms with Gasteiger partial charge in [-0.15, -0.1) is 0 Å². The third-order valence-corrected chi connectivity index (χ3v) is 3.21. The van der Waals surface area contributed by atoms with Crippen LogP contribution in [0.15, 0.2) is 24.4 Å². The Morgan fingerprint density at radius 2 is 2.22 bits per heavy atom. The van der Waals surface area contributed by atoms with Gasteiger partial charge in [0.25, 0.3) is 0 Å². The number of aromatic nitrogens is 3. The van der Waals surface area contributed by atoms with E-state index in [9.17, 15) is 0 Å². The van der Waals surface area contributed by atoms with Crippen LogP contribution in [0.2, 0.25) is 0 Å². The van der Waals surface area contributed by atoms with E-state index in [1.165, 1.54) is 11.1 Å². The van der Waals surface area contributed by atoms with Crippen LogP contribution in [0.25, 0.3) is 0 Å². The van der Waals surface area contributed by atoms with Crippen molar-refractivity contribution in [2.45, 2.75) is 32.6 Å². The molecule has 1 atom stereocenters. The number of ether oxygens (including phenoxy) is 1. The first-order chi connectivity index (χ1) is 8.74. The van der Waals surface area contributed by atoms with Gasteiger partial charge in [-0.2, -0.15) is 15.4 Å². The number of aryl methyl sites for hydroxylation is 1. The second-order valence-corrected chi connectivity index (χ2v) is 4.50. The highest BCUT2D eigenvalue weighted by Gasteiger charge is 2.14. The molecule has 0 bridgehead atoms. The van der Waals surface area contributed by atoms with Crippen molar-refractivity contribution in [1.82, 2.24) is 15.4 Å². The number of hydrogen-bond acceptors (Lipinski definition) is 3. The lowest BCUT2D eigenvalue weighted by molar-refractivity contribution is 0.406. The number of methoxy groups -OCH3 is 1. The molecular weight excluding hydrogens is 226 g/mol. The van der Waals surface area contributed by atoms with E-state index in [-0.39, 0.29) is 0 Å². The van der Waals surface area contributed by atoms with Gasteiger partial charge >= 0.3 is 0 Å². The standard InChI is InChI=1S/C14H19N3O/c1-4-11-5-6-14(18-3)13(8-11)10(2)7-12-9-15-17-16-12/h5-6,8-10H,4,7H2,1-3H3,(H,15,16,17). The number of nitrogens with zero attached hydrogens (tertiary/aromatic N) is 2. The molecule has 0 aliphatic heterocycles. The molecule has 1 aromatic carbocycles. The van der Waals surface area contributed by atoms with Crippen LogP contribution in [0.5, 0.6) is 5.75 Å². The molecule has 4 heteroatoms. The number of rotatable bonds is 5. The molecule has 2 rings (SSSR count). The summed E-state index contributed by atoms with van der Waals surface area (Å²) in [7, 11) is 1.72. The molecule has 0 saturated carbocycles. The quantitative estimate of drug-likeness (QED) is 0.881. The molecule has 0 aliphatic rings. The molecule has 0 radical (unpaired) electrons. The number of aromatic amines is 1. The summed E-state index contributed by atoms with van der Waals surface area (Å²) < 4.78 is 5.44. The van der Waals surface area contributed by atoms with Crippen molar-refractivity contribution in [3.63, 3.8) is 0 Å². The van der Waals surface area contributed by atoms with E-state index in [0.717, 1.165) is 24.3 Å². The molecule has 0 aliphatic carbocycles. The van der Waals surface area contributed by atoms with Crippen LogP contribution in [0.1, 0.15) is 36.6 Å². The van der Waals surface area contributed by atoms with E-state index in [1.807, 2.05) is 6.07 Å². The van der Waals surface area contributed by atoms with Gasteiger partial charge in [0.05, 0.1) is 19.0 Å². The van der Waals surface area contributed by atoms with E-state index in [0.29, 0.717) is 5.92 Å². The summed E-state index contributed by atoms with van der Waals surface area (Å²) in [6.07, 6.45) is 3.67. The molecule has 1 aromatic heterocycles. The third-order valence-electron chi connectivity index (χ3n) is 3.21. The fraction of sp³-hybridized carbons (Fsp3) is 0.429. The van der Waals surface area contributed by atoms with E-state index in [1.54, 1.807) is 13.3 Å². The monoisotopic (exact) mass is 245 g/mol. The Morgan fingerprint density at radius 3 is 2.83 bits per heavy atom. The second kappa shape index (κ2) is 5.67. The van der Waals surface area contributed by atoms with Crippen molar-refractivity contribution in [2.24, 2.45) is 0 Å². The maximum Gasteiger partial charge on any atom is 0.122 e. The highest BCUT2D eigenvalue weighted by molar-refractivity contribution is 5.40. The van der Waals surface area contributed by atoms with E-state index in [4.69, 9.17) is 4.74 Å². The van der Waals surface area contributed by atoms with Crippen LogP contribution >= 0.6 is 0 Å². The Hall–Kier alpha value is -1.84. The Morgan fingerprint density at radius 1 is 1.39 bits per heavy atom. The SMILES string of the molecule is CCc1ccc(OC)c(C(C)Cc2cn[nH]n2)c1. The van der Waals surface area contributed by atoms with Crippen molar-refractivity contribution in [3.05, 3.63) is 41.2 Å². The average Bonchev–Trinajstić information content (AvgIpc) is 2.90. The van der Waals surface area contributed by atoms with Crippen molar-refractivity contribution in [1.29, 1.82) is 0 Å². The second-order valence-electron chi connectivity index (χ2n) is 4.50. The van der Waals surface area contributed by atoms with E-state index >= 15 is 0 Å². The smallest absolute Gasteiger partial charge is 0.122 e. The minimum absolute atomic E-state index is 0.358. The molecule has 1 heterocycles. The Bertz CT molecular complexity index is 494. The van der Waals surface area contributed by atoms with E-state index in [2.05, 4.69) is 41.4 Å². The molecule has 0 amide bonds. The van der Waals surface area contributed by atoms with Gasteiger partial charge in [0.1, 0.15) is 5.75 Å². The molecule has 4 nitrogen and oxygen atoms in total. The molecule has 0 spiro atoms. The predicted octanol–water partition coefficient (Wildman–Crippen LogP) is 2.72. The Balaban J connectivity index is 2.24. The maximum atomic E-state index is 5.44. The van der Waals surface area contributed by atoms with Crippen LogP contribution in [-0.2, 0) is 12.8 Å². The lowest BCUT2D eigenvalue weighted by Crippen LogP contribution is -2.02.